The minimum Gasteiger partial charge on any atom is -0.311 e. The number of likely N-dealkylation sites (N-methyl/N-ethyl adjacent to an activating group) is 1. The van der Waals surface area contributed by atoms with Gasteiger partial charge in [0.1, 0.15) is 0 Å². The van der Waals surface area contributed by atoms with Gasteiger partial charge in [-0.3, -0.25) is 9.69 Å². The molecular weight excluding hydrogens is 292 g/mol. The summed E-state index contributed by atoms with van der Waals surface area (Å²) in [4.78, 5) is 18.2. The van der Waals surface area contributed by atoms with Gasteiger partial charge in [0, 0.05) is 23.7 Å². The van der Waals surface area contributed by atoms with E-state index in [1.165, 1.54) is 10.4 Å². The van der Waals surface area contributed by atoms with Crippen molar-refractivity contribution in [1.82, 2.24) is 4.90 Å². The lowest BCUT2D eigenvalue weighted by Crippen LogP contribution is -2.42. The van der Waals surface area contributed by atoms with Crippen molar-refractivity contribution >= 4 is 22.9 Å². The Morgan fingerprint density at radius 3 is 2.91 bits per heavy atom. The third-order valence-electron chi connectivity index (χ3n) is 4.18. The van der Waals surface area contributed by atoms with Crippen LogP contribution in [0.4, 0.5) is 5.69 Å². The summed E-state index contributed by atoms with van der Waals surface area (Å²) < 4.78 is 0. The summed E-state index contributed by atoms with van der Waals surface area (Å²) in [6.45, 7) is 5.19. The predicted molar refractivity (Wildman–Crippen MR) is 92.4 cm³/mol. The van der Waals surface area contributed by atoms with Crippen LogP contribution in [0.2, 0.25) is 0 Å². The molecule has 2 heterocycles. The fourth-order valence-corrected chi connectivity index (χ4v) is 3.72. The molecular formula is C18H22N2OS. The fraction of sp³-hybridized carbons (Fsp3) is 0.389. The van der Waals surface area contributed by atoms with Crippen molar-refractivity contribution in [3.63, 3.8) is 0 Å². The van der Waals surface area contributed by atoms with Gasteiger partial charge in [-0.15, -0.1) is 11.3 Å². The smallest absolute Gasteiger partial charge is 0.241 e. The van der Waals surface area contributed by atoms with Gasteiger partial charge in [-0.1, -0.05) is 31.2 Å². The molecule has 0 saturated carbocycles. The van der Waals surface area contributed by atoms with Crippen LogP contribution in [0.5, 0.6) is 0 Å². The number of hydrogen-bond acceptors (Lipinski definition) is 3. The number of carbonyl (C=O) groups is 1. The van der Waals surface area contributed by atoms with Gasteiger partial charge in [0.25, 0.3) is 0 Å². The van der Waals surface area contributed by atoms with Gasteiger partial charge < -0.3 is 4.90 Å². The first-order valence-corrected chi connectivity index (χ1v) is 8.79. The monoisotopic (exact) mass is 314 g/mol. The molecule has 1 aliphatic heterocycles. The highest BCUT2D eigenvalue weighted by Gasteiger charge is 2.23. The van der Waals surface area contributed by atoms with Gasteiger partial charge >= 0.3 is 0 Å². The van der Waals surface area contributed by atoms with Crippen LogP contribution < -0.4 is 4.90 Å². The quantitative estimate of drug-likeness (QED) is 0.842. The zero-order chi connectivity index (χ0) is 15.4. The first-order chi connectivity index (χ1) is 10.8. The van der Waals surface area contributed by atoms with Crippen LogP contribution in [-0.4, -0.2) is 30.4 Å². The molecule has 0 unspecified atom stereocenters. The van der Waals surface area contributed by atoms with Crippen molar-refractivity contribution in [3.8, 4) is 0 Å². The average Bonchev–Trinajstić information content (AvgIpc) is 3.06. The van der Waals surface area contributed by atoms with Crippen molar-refractivity contribution in [2.24, 2.45) is 0 Å². The van der Waals surface area contributed by atoms with Crippen LogP contribution in [0, 0.1) is 0 Å². The molecule has 0 saturated heterocycles. The summed E-state index contributed by atoms with van der Waals surface area (Å²) >= 11 is 1.75. The van der Waals surface area contributed by atoms with Crippen LogP contribution in [-0.2, 0) is 17.8 Å². The van der Waals surface area contributed by atoms with Gasteiger partial charge in [0.15, 0.2) is 0 Å². The summed E-state index contributed by atoms with van der Waals surface area (Å²) in [5.74, 6) is 0.213. The van der Waals surface area contributed by atoms with Crippen LogP contribution in [0.25, 0.3) is 0 Å². The summed E-state index contributed by atoms with van der Waals surface area (Å²) in [5.41, 5.74) is 2.40. The minimum atomic E-state index is 0.213. The number of carbonyl (C=O) groups excluding carboxylic acids is 1. The first kappa shape index (κ1) is 15.3. The van der Waals surface area contributed by atoms with E-state index < -0.39 is 0 Å². The van der Waals surface area contributed by atoms with Crippen molar-refractivity contribution < 1.29 is 4.79 Å². The maximum absolute atomic E-state index is 12.7. The van der Waals surface area contributed by atoms with E-state index >= 15 is 0 Å². The second kappa shape index (κ2) is 7.07. The molecule has 3 rings (SSSR count). The molecule has 0 aliphatic carbocycles. The van der Waals surface area contributed by atoms with Gasteiger partial charge in [-0.05, 0) is 42.5 Å². The number of para-hydroxylation sites is 1. The molecule has 22 heavy (non-hydrogen) atoms. The largest absolute Gasteiger partial charge is 0.311 e. The van der Waals surface area contributed by atoms with Crippen molar-refractivity contribution in [3.05, 3.63) is 52.2 Å². The molecule has 2 aromatic rings. The van der Waals surface area contributed by atoms with Crippen molar-refractivity contribution in [2.45, 2.75) is 26.3 Å². The molecule has 0 radical (unpaired) electrons. The number of anilines is 1. The van der Waals surface area contributed by atoms with E-state index in [0.717, 1.165) is 38.2 Å². The molecule has 1 aromatic carbocycles. The number of fused-ring (bicyclic) bond motifs is 1. The number of benzene rings is 1. The predicted octanol–water partition coefficient (Wildman–Crippen LogP) is 3.55. The number of aryl methyl sites for hydroxylation is 1. The maximum Gasteiger partial charge on any atom is 0.241 e. The lowest BCUT2D eigenvalue weighted by atomic mass is 10.0. The van der Waals surface area contributed by atoms with E-state index in [1.807, 2.05) is 11.0 Å². The maximum atomic E-state index is 12.7. The van der Waals surface area contributed by atoms with Gasteiger partial charge in [-0.25, -0.2) is 0 Å². The Balaban J connectivity index is 1.69. The van der Waals surface area contributed by atoms with E-state index in [4.69, 9.17) is 0 Å². The highest BCUT2D eigenvalue weighted by atomic mass is 32.1. The lowest BCUT2D eigenvalue weighted by Gasteiger charge is -2.31. The van der Waals surface area contributed by atoms with Crippen molar-refractivity contribution in [1.29, 1.82) is 0 Å². The third kappa shape index (κ3) is 3.39. The molecule has 1 amide bonds. The molecule has 0 atom stereocenters. The van der Waals surface area contributed by atoms with Crippen LogP contribution in [0.3, 0.4) is 0 Å². The van der Waals surface area contributed by atoms with Gasteiger partial charge in [-0.2, -0.15) is 0 Å². The van der Waals surface area contributed by atoms with Crippen LogP contribution >= 0.6 is 11.3 Å². The summed E-state index contributed by atoms with van der Waals surface area (Å²) in [5, 5.41) is 2.09. The first-order valence-electron chi connectivity index (χ1n) is 7.91. The molecule has 4 heteroatoms. The molecule has 3 nitrogen and oxygen atoms in total. The Labute approximate surface area is 136 Å². The Kier molecular flexibility index (Phi) is 4.90. The Hall–Kier alpha value is -1.65. The molecule has 1 aliphatic rings. The fourth-order valence-electron chi connectivity index (χ4n) is 2.97. The van der Waals surface area contributed by atoms with Crippen LogP contribution in [0.15, 0.2) is 41.8 Å². The standard InChI is InChI=1S/C18H22N2OS/c1-2-19(13-16-9-6-12-22-16)14-18(21)20-11-5-8-15-7-3-4-10-17(15)20/h3-4,6-7,9-10,12H,2,5,8,11,13-14H2,1H3. The Morgan fingerprint density at radius 1 is 1.27 bits per heavy atom. The second-order valence-corrected chi connectivity index (χ2v) is 6.69. The zero-order valence-electron chi connectivity index (χ0n) is 13.0. The molecule has 0 fully saturated rings. The molecule has 0 bridgehead atoms. The zero-order valence-corrected chi connectivity index (χ0v) is 13.8. The number of amides is 1. The van der Waals surface area contributed by atoms with E-state index in [9.17, 15) is 4.79 Å². The van der Waals surface area contributed by atoms with Crippen LogP contribution in [0.1, 0.15) is 23.8 Å². The number of thiophene rings is 1. The van der Waals surface area contributed by atoms with Gasteiger partial charge in [0.2, 0.25) is 5.91 Å². The van der Waals surface area contributed by atoms with E-state index in [0.29, 0.717) is 6.54 Å². The lowest BCUT2D eigenvalue weighted by molar-refractivity contribution is -0.119. The Bertz CT molecular complexity index is 624. The number of rotatable bonds is 5. The molecule has 116 valence electrons. The Morgan fingerprint density at radius 2 is 2.14 bits per heavy atom. The summed E-state index contributed by atoms with van der Waals surface area (Å²) in [6.07, 6.45) is 2.13. The third-order valence-corrected chi connectivity index (χ3v) is 5.04. The molecule has 0 N–H and O–H groups in total. The summed E-state index contributed by atoms with van der Waals surface area (Å²) in [7, 11) is 0. The van der Waals surface area contributed by atoms with E-state index in [2.05, 4.69) is 47.5 Å². The highest BCUT2D eigenvalue weighted by molar-refractivity contribution is 7.09. The normalized spacial score (nSPS) is 14.2. The highest BCUT2D eigenvalue weighted by Crippen LogP contribution is 2.26. The van der Waals surface area contributed by atoms with E-state index in [1.54, 1.807) is 11.3 Å². The van der Waals surface area contributed by atoms with Gasteiger partial charge in [0.05, 0.1) is 6.54 Å². The topological polar surface area (TPSA) is 23.6 Å². The van der Waals surface area contributed by atoms with Crippen molar-refractivity contribution in [2.75, 3.05) is 24.5 Å². The van der Waals surface area contributed by atoms with E-state index in [-0.39, 0.29) is 5.91 Å². The summed E-state index contributed by atoms with van der Waals surface area (Å²) in [6, 6.07) is 12.5. The number of hydrogen-bond donors (Lipinski definition) is 0. The minimum absolute atomic E-state index is 0.213. The SMILES string of the molecule is CCN(CC(=O)N1CCCc2ccccc21)Cc1cccs1. The average molecular weight is 314 g/mol. The number of nitrogens with zero attached hydrogens (tertiary/aromatic N) is 2. The second-order valence-electron chi connectivity index (χ2n) is 5.66. The molecule has 0 spiro atoms. The molecule has 1 aromatic heterocycles.